The molecule has 0 unspecified atom stereocenters. The van der Waals surface area contributed by atoms with E-state index in [1.54, 1.807) is 10.2 Å². The monoisotopic (exact) mass is 254 g/mol. The number of aliphatic hydroxyl groups is 1. The average Bonchev–Trinajstić information content (AvgIpc) is 2.11. The molecule has 1 aliphatic rings. The van der Waals surface area contributed by atoms with E-state index >= 15 is 0 Å². The van der Waals surface area contributed by atoms with Crippen LogP contribution >= 0.6 is 0 Å². The number of nitrogens with one attached hydrogen (secondary N) is 1. The summed E-state index contributed by atoms with van der Waals surface area (Å²) in [6.45, 7) is 1.23. The van der Waals surface area contributed by atoms with Crippen LogP contribution in [0.1, 0.15) is 19.8 Å². The first-order valence-electron chi connectivity index (χ1n) is 5.52. The third-order valence-electron chi connectivity index (χ3n) is 2.60. The van der Waals surface area contributed by atoms with Gasteiger partial charge < -0.3 is 10.4 Å². The number of likely N-dealkylation sites (tertiary alicyclic amines) is 1. The van der Waals surface area contributed by atoms with E-state index in [0.29, 0.717) is 19.5 Å². The molecule has 7 heteroatoms. The molecule has 0 spiro atoms. The molecule has 0 bridgehead atoms. The molecule has 0 aromatic rings. The summed E-state index contributed by atoms with van der Waals surface area (Å²) in [7, 11) is 0. The Hall–Kier alpha value is -0.820. The van der Waals surface area contributed by atoms with Crippen molar-refractivity contribution < 1.29 is 23.1 Å². The predicted octanol–water partition coefficient (Wildman–Crippen LogP) is 0.512. The fourth-order valence-corrected chi connectivity index (χ4v) is 1.98. The molecule has 0 saturated carbocycles. The van der Waals surface area contributed by atoms with Crippen molar-refractivity contribution in [2.75, 3.05) is 26.2 Å². The first-order valence-corrected chi connectivity index (χ1v) is 5.52. The molecule has 0 aromatic heterocycles. The number of hydrogen-bond acceptors (Lipinski definition) is 3. The van der Waals surface area contributed by atoms with Crippen LogP contribution in [0.2, 0.25) is 0 Å². The normalized spacial score (nSPS) is 19.8. The second kappa shape index (κ2) is 5.22. The van der Waals surface area contributed by atoms with E-state index < -0.39 is 24.2 Å². The lowest BCUT2D eigenvalue weighted by Gasteiger charge is -2.46. The zero-order chi connectivity index (χ0) is 13.1. The summed E-state index contributed by atoms with van der Waals surface area (Å²) < 4.78 is 35.4. The molecule has 0 radical (unpaired) electrons. The van der Waals surface area contributed by atoms with Crippen molar-refractivity contribution in [1.29, 1.82) is 0 Å². The lowest BCUT2D eigenvalue weighted by atomic mass is 9.89. The van der Waals surface area contributed by atoms with Crippen LogP contribution in [-0.2, 0) is 4.79 Å². The van der Waals surface area contributed by atoms with Crippen molar-refractivity contribution in [2.24, 2.45) is 0 Å². The third-order valence-corrected chi connectivity index (χ3v) is 2.60. The van der Waals surface area contributed by atoms with Crippen LogP contribution in [0.5, 0.6) is 0 Å². The number of hydrogen-bond donors (Lipinski definition) is 2. The van der Waals surface area contributed by atoms with Crippen molar-refractivity contribution in [2.45, 2.75) is 31.5 Å². The van der Waals surface area contributed by atoms with E-state index in [2.05, 4.69) is 0 Å². The molecule has 100 valence electrons. The van der Waals surface area contributed by atoms with Gasteiger partial charge >= 0.3 is 6.18 Å². The highest BCUT2D eigenvalue weighted by atomic mass is 19.4. The quantitative estimate of drug-likeness (QED) is 0.751. The summed E-state index contributed by atoms with van der Waals surface area (Å²) in [5.41, 5.74) is -0.765. The number of amides is 1. The molecule has 1 rings (SSSR count). The first kappa shape index (κ1) is 14.2. The zero-order valence-corrected chi connectivity index (χ0v) is 9.68. The molecule has 1 amide bonds. The van der Waals surface area contributed by atoms with Crippen molar-refractivity contribution in [3.8, 4) is 0 Å². The zero-order valence-electron chi connectivity index (χ0n) is 9.68. The van der Waals surface area contributed by atoms with Crippen LogP contribution in [0.15, 0.2) is 0 Å². The molecule has 1 fully saturated rings. The molecular formula is C10H17F3N2O2. The number of carbonyl (C=O) groups excluding carboxylic acids is 1. The van der Waals surface area contributed by atoms with Crippen molar-refractivity contribution in [3.63, 3.8) is 0 Å². The van der Waals surface area contributed by atoms with Gasteiger partial charge in [-0.05, 0) is 6.42 Å². The molecule has 4 nitrogen and oxygen atoms in total. The second-order valence-corrected chi connectivity index (χ2v) is 4.51. The van der Waals surface area contributed by atoms with Gasteiger partial charge in [0.15, 0.2) is 0 Å². The van der Waals surface area contributed by atoms with Crippen LogP contribution < -0.4 is 5.32 Å². The van der Waals surface area contributed by atoms with Gasteiger partial charge in [0.25, 0.3) is 0 Å². The van der Waals surface area contributed by atoms with Crippen molar-refractivity contribution in [1.82, 2.24) is 10.2 Å². The molecule has 17 heavy (non-hydrogen) atoms. The van der Waals surface area contributed by atoms with E-state index in [4.69, 9.17) is 0 Å². The van der Waals surface area contributed by atoms with Gasteiger partial charge in [0, 0.05) is 13.1 Å². The number of alkyl halides is 3. The summed E-state index contributed by atoms with van der Waals surface area (Å²) >= 11 is 0. The van der Waals surface area contributed by atoms with E-state index in [9.17, 15) is 23.1 Å². The minimum atomic E-state index is -4.38. The smallest absolute Gasteiger partial charge is 0.387 e. The van der Waals surface area contributed by atoms with Gasteiger partial charge in [-0.25, -0.2) is 0 Å². The lowest BCUT2D eigenvalue weighted by Crippen LogP contribution is -2.63. The van der Waals surface area contributed by atoms with E-state index in [-0.39, 0.29) is 6.54 Å². The number of carbonyl (C=O) groups is 1. The fraction of sp³-hybridized carbons (Fsp3) is 0.900. The summed E-state index contributed by atoms with van der Waals surface area (Å²) in [5.74, 6) is -0.666. The highest BCUT2D eigenvalue weighted by Crippen LogP contribution is 2.25. The number of halogens is 3. The number of nitrogens with zero attached hydrogens (tertiary/aromatic N) is 1. The maximum atomic E-state index is 11.8. The van der Waals surface area contributed by atoms with E-state index in [1.807, 2.05) is 6.92 Å². The van der Waals surface area contributed by atoms with E-state index in [0.717, 1.165) is 6.42 Å². The van der Waals surface area contributed by atoms with Gasteiger partial charge in [-0.3, -0.25) is 9.69 Å². The van der Waals surface area contributed by atoms with Crippen LogP contribution in [0.25, 0.3) is 0 Å². The molecule has 2 N–H and O–H groups in total. The predicted molar refractivity (Wildman–Crippen MR) is 55.4 cm³/mol. The van der Waals surface area contributed by atoms with Crippen LogP contribution in [-0.4, -0.2) is 53.9 Å². The Morgan fingerprint density at radius 1 is 1.47 bits per heavy atom. The second-order valence-electron chi connectivity index (χ2n) is 4.51. The topological polar surface area (TPSA) is 52.6 Å². The summed E-state index contributed by atoms with van der Waals surface area (Å²) in [5, 5.41) is 11.6. The Kier molecular flexibility index (Phi) is 4.37. The molecule has 0 atom stereocenters. The van der Waals surface area contributed by atoms with Crippen LogP contribution in [0, 0.1) is 0 Å². The maximum absolute atomic E-state index is 11.8. The molecule has 0 aromatic carbocycles. The maximum Gasteiger partial charge on any atom is 0.405 e. The van der Waals surface area contributed by atoms with Gasteiger partial charge in [-0.1, -0.05) is 13.3 Å². The Morgan fingerprint density at radius 3 is 2.53 bits per heavy atom. The van der Waals surface area contributed by atoms with Gasteiger partial charge in [0.1, 0.15) is 6.54 Å². The van der Waals surface area contributed by atoms with Gasteiger partial charge in [-0.15, -0.1) is 0 Å². The Bertz CT molecular complexity index is 275. The van der Waals surface area contributed by atoms with Gasteiger partial charge in [0.05, 0.1) is 12.1 Å². The van der Waals surface area contributed by atoms with Gasteiger partial charge in [-0.2, -0.15) is 13.2 Å². The molecule has 1 saturated heterocycles. The minimum absolute atomic E-state index is 0.0951. The SMILES string of the molecule is CCCC1(O)CN(CC(=O)NCC(F)(F)F)C1. The van der Waals surface area contributed by atoms with Crippen LogP contribution in [0.4, 0.5) is 13.2 Å². The van der Waals surface area contributed by atoms with E-state index in [1.165, 1.54) is 0 Å². The standard InChI is InChI=1S/C10H17F3N2O2/c1-2-3-9(17)6-15(7-9)4-8(16)14-5-10(11,12)13/h17H,2-7H2,1H3,(H,14,16). The largest absolute Gasteiger partial charge is 0.405 e. The van der Waals surface area contributed by atoms with Gasteiger partial charge in [0.2, 0.25) is 5.91 Å². The highest BCUT2D eigenvalue weighted by molar-refractivity contribution is 5.78. The van der Waals surface area contributed by atoms with Crippen molar-refractivity contribution in [3.05, 3.63) is 0 Å². The number of β-amino-alcohol motifs (C(OH)–C–C–N with tert-alkyl or cyclic N) is 1. The molecule has 0 aliphatic carbocycles. The Labute approximate surface area is 97.8 Å². The Morgan fingerprint density at radius 2 is 2.06 bits per heavy atom. The molecular weight excluding hydrogens is 237 g/mol. The molecule has 1 aliphatic heterocycles. The lowest BCUT2D eigenvalue weighted by molar-refractivity contribution is -0.145. The summed E-state index contributed by atoms with van der Waals surface area (Å²) in [4.78, 5) is 12.8. The molecule has 1 heterocycles. The average molecular weight is 254 g/mol. The minimum Gasteiger partial charge on any atom is -0.387 e. The first-order chi connectivity index (χ1) is 7.74. The van der Waals surface area contributed by atoms with Crippen molar-refractivity contribution >= 4 is 5.91 Å². The highest BCUT2D eigenvalue weighted by Gasteiger charge is 2.40. The fourth-order valence-electron chi connectivity index (χ4n) is 1.98. The third kappa shape index (κ3) is 4.91. The number of rotatable bonds is 5. The Balaban J connectivity index is 2.18. The summed E-state index contributed by atoms with van der Waals surface area (Å²) in [6.07, 6.45) is -2.90. The van der Waals surface area contributed by atoms with Crippen LogP contribution in [0.3, 0.4) is 0 Å². The summed E-state index contributed by atoms with van der Waals surface area (Å²) in [6, 6.07) is 0.